The van der Waals surface area contributed by atoms with E-state index >= 15 is 0 Å². The second-order valence-corrected chi connectivity index (χ2v) is 7.41. The van der Waals surface area contributed by atoms with E-state index in [-0.39, 0.29) is 22.1 Å². The van der Waals surface area contributed by atoms with Crippen molar-refractivity contribution in [2.75, 3.05) is 6.61 Å². The highest BCUT2D eigenvalue weighted by molar-refractivity contribution is 7.91. The van der Waals surface area contributed by atoms with Gasteiger partial charge in [0.25, 0.3) is 0 Å². The zero-order valence-electron chi connectivity index (χ0n) is 13.7. The number of carbonyl (C=O) groups is 1. The van der Waals surface area contributed by atoms with Gasteiger partial charge < -0.3 is 14.3 Å². The fourth-order valence-corrected chi connectivity index (χ4v) is 4.25. The van der Waals surface area contributed by atoms with Crippen LogP contribution in [0.5, 0.6) is 0 Å². The van der Waals surface area contributed by atoms with Crippen molar-refractivity contribution in [2.24, 2.45) is 7.05 Å². The van der Waals surface area contributed by atoms with Gasteiger partial charge in [0.15, 0.2) is 0 Å². The maximum Gasteiger partial charge on any atom is 0.354 e. The molecule has 2 heterocycles. The van der Waals surface area contributed by atoms with Crippen molar-refractivity contribution in [3.05, 3.63) is 47.9 Å². The van der Waals surface area contributed by atoms with Gasteiger partial charge in [-0.25, -0.2) is 13.2 Å². The Balaban J connectivity index is 2.12. The minimum absolute atomic E-state index is 0.114. The Kier molecular flexibility index (Phi) is 3.96. The van der Waals surface area contributed by atoms with Crippen molar-refractivity contribution in [3.8, 4) is 0 Å². The number of aromatic amines is 1. The number of fused-ring (bicyclic) bond motifs is 1. The second-order valence-electron chi connectivity index (χ2n) is 5.49. The smallest absolute Gasteiger partial charge is 0.354 e. The van der Waals surface area contributed by atoms with E-state index in [2.05, 4.69) is 4.98 Å². The number of ether oxygens (including phenoxy) is 1. The summed E-state index contributed by atoms with van der Waals surface area (Å²) in [6.45, 7) is 3.61. The van der Waals surface area contributed by atoms with Gasteiger partial charge in [0.1, 0.15) is 5.69 Å². The fraction of sp³-hybridized carbons (Fsp3) is 0.235. The van der Waals surface area contributed by atoms with Crippen LogP contribution in [0.1, 0.15) is 23.1 Å². The molecule has 126 valence electrons. The van der Waals surface area contributed by atoms with Crippen LogP contribution >= 0.6 is 0 Å². The minimum atomic E-state index is -3.73. The normalized spacial score (nSPS) is 11.8. The van der Waals surface area contributed by atoms with Crippen LogP contribution < -0.4 is 0 Å². The lowest BCUT2D eigenvalue weighted by molar-refractivity contribution is 0.0515. The summed E-state index contributed by atoms with van der Waals surface area (Å²) in [5, 5.41) is 0.815. The molecular weight excluding hydrogens is 328 g/mol. The Morgan fingerprint density at radius 2 is 2.00 bits per heavy atom. The first-order valence-corrected chi connectivity index (χ1v) is 9.00. The van der Waals surface area contributed by atoms with Gasteiger partial charge >= 0.3 is 5.97 Å². The number of carbonyl (C=O) groups excluding carboxylic acids is 1. The van der Waals surface area contributed by atoms with Crippen LogP contribution in [-0.4, -0.2) is 30.5 Å². The van der Waals surface area contributed by atoms with Crippen LogP contribution in [0.15, 0.2) is 46.3 Å². The van der Waals surface area contributed by atoms with Crippen molar-refractivity contribution in [1.82, 2.24) is 9.55 Å². The summed E-state index contributed by atoms with van der Waals surface area (Å²) in [6.07, 6.45) is 1.76. The lowest BCUT2D eigenvalue weighted by Gasteiger charge is -2.06. The molecule has 0 aliphatic heterocycles. The summed E-state index contributed by atoms with van der Waals surface area (Å²) in [6, 6.07) is 8.11. The lowest BCUT2D eigenvalue weighted by Crippen LogP contribution is -2.10. The number of nitrogens with one attached hydrogen (secondary N) is 1. The highest BCUT2D eigenvalue weighted by Crippen LogP contribution is 2.28. The third-order valence-corrected chi connectivity index (χ3v) is 5.96. The summed E-state index contributed by atoms with van der Waals surface area (Å²) >= 11 is 0. The lowest BCUT2D eigenvalue weighted by atomic mass is 10.2. The highest BCUT2D eigenvalue weighted by Gasteiger charge is 2.26. The molecule has 0 aliphatic carbocycles. The maximum absolute atomic E-state index is 13.0. The zero-order chi connectivity index (χ0) is 17.5. The van der Waals surface area contributed by atoms with Gasteiger partial charge in [0.05, 0.1) is 16.4 Å². The molecular formula is C17H18N2O4S. The predicted octanol–water partition coefficient (Wildman–Crippen LogP) is 2.82. The van der Waals surface area contributed by atoms with E-state index in [4.69, 9.17) is 4.74 Å². The molecule has 0 bridgehead atoms. The zero-order valence-corrected chi connectivity index (χ0v) is 14.5. The van der Waals surface area contributed by atoms with Gasteiger partial charge in [-0.3, -0.25) is 0 Å². The number of rotatable bonds is 4. The van der Waals surface area contributed by atoms with Gasteiger partial charge in [-0.2, -0.15) is 0 Å². The van der Waals surface area contributed by atoms with E-state index in [9.17, 15) is 13.2 Å². The number of benzene rings is 1. The summed E-state index contributed by atoms with van der Waals surface area (Å²) < 4.78 is 32.5. The van der Waals surface area contributed by atoms with Gasteiger partial charge in [-0.1, -0.05) is 0 Å². The molecule has 1 aromatic carbocycles. The molecule has 0 saturated carbocycles. The Hall–Kier alpha value is -2.54. The molecule has 0 aliphatic rings. The van der Waals surface area contributed by atoms with Crippen LogP contribution in [0, 0.1) is 6.92 Å². The molecule has 0 fully saturated rings. The SMILES string of the molecule is CCOC(=O)c1cc(S(=O)(=O)c2ccc3[nH]ccc3c2)c(C)n1C. The Morgan fingerprint density at radius 3 is 2.71 bits per heavy atom. The molecule has 0 atom stereocenters. The van der Waals surface area contributed by atoms with E-state index in [0.29, 0.717) is 5.69 Å². The van der Waals surface area contributed by atoms with E-state index in [1.807, 2.05) is 6.07 Å². The second kappa shape index (κ2) is 5.83. The van der Waals surface area contributed by atoms with Gasteiger partial charge in [0.2, 0.25) is 9.84 Å². The van der Waals surface area contributed by atoms with Crippen LogP contribution in [-0.2, 0) is 21.6 Å². The summed E-state index contributed by atoms with van der Waals surface area (Å²) in [5.74, 6) is -0.536. The number of hydrogen-bond acceptors (Lipinski definition) is 4. The van der Waals surface area contributed by atoms with E-state index < -0.39 is 15.8 Å². The van der Waals surface area contributed by atoms with Crippen molar-refractivity contribution in [3.63, 3.8) is 0 Å². The van der Waals surface area contributed by atoms with E-state index in [1.165, 1.54) is 6.07 Å². The van der Waals surface area contributed by atoms with Crippen LogP contribution in [0.4, 0.5) is 0 Å². The molecule has 0 unspecified atom stereocenters. The topological polar surface area (TPSA) is 81.2 Å². The number of nitrogens with zero attached hydrogens (tertiary/aromatic N) is 1. The Morgan fingerprint density at radius 1 is 1.25 bits per heavy atom. The average Bonchev–Trinajstić information content (AvgIpc) is 3.12. The number of esters is 1. The first-order chi connectivity index (χ1) is 11.4. The van der Waals surface area contributed by atoms with Gasteiger partial charge in [-0.05, 0) is 44.2 Å². The minimum Gasteiger partial charge on any atom is -0.461 e. The average molecular weight is 346 g/mol. The summed E-state index contributed by atoms with van der Waals surface area (Å²) in [7, 11) is -2.08. The molecule has 0 spiro atoms. The fourth-order valence-electron chi connectivity index (χ4n) is 2.67. The summed E-state index contributed by atoms with van der Waals surface area (Å²) in [5.41, 5.74) is 1.58. The largest absolute Gasteiger partial charge is 0.461 e. The number of H-pyrrole nitrogens is 1. The molecule has 0 amide bonds. The van der Waals surface area contributed by atoms with Gasteiger partial charge in [-0.15, -0.1) is 0 Å². The molecule has 3 aromatic rings. The van der Waals surface area contributed by atoms with E-state index in [0.717, 1.165) is 10.9 Å². The molecule has 3 rings (SSSR count). The standard InChI is InChI=1S/C17H18N2O4S/c1-4-23-17(20)15-10-16(11(2)19(15)3)24(21,22)13-5-6-14-12(9-13)7-8-18-14/h5-10,18H,4H2,1-3H3. The molecule has 7 heteroatoms. The van der Waals surface area contributed by atoms with Crippen molar-refractivity contribution >= 4 is 26.7 Å². The molecule has 1 N–H and O–H groups in total. The third-order valence-electron chi connectivity index (χ3n) is 4.10. The highest BCUT2D eigenvalue weighted by atomic mass is 32.2. The quantitative estimate of drug-likeness (QED) is 0.737. The van der Waals surface area contributed by atoms with Crippen molar-refractivity contribution in [2.45, 2.75) is 23.6 Å². The molecule has 6 nitrogen and oxygen atoms in total. The Labute approximate surface area is 140 Å². The van der Waals surface area contributed by atoms with Gasteiger partial charge in [0, 0.05) is 29.8 Å². The number of hydrogen-bond donors (Lipinski definition) is 1. The van der Waals surface area contributed by atoms with E-state index in [1.54, 1.807) is 49.9 Å². The van der Waals surface area contributed by atoms with Crippen LogP contribution in [0.3, 0.4) is 0 Å². The molecule has 0 radical (unpaired) electrons. The first kappa shape index (κ1) is 16.3. The number of aromatic nitrogens is 2. The van der Waals surface area contributed by atoms with Crippen LogP contribution in [0.25, 0.3) is 10.9 Å². The Bertz CT molecular complexity index is 1030. The maximum atomic E-state index is 13.0. The monoisotopic (exact) mass is 346 g/mol. The first-order valence-electron chi connectivity index (χ1n) is 7.52. The molecule has 2 aromatic heterocycles. The summed E-state index contributed by atoms with van der Waals surface area (Å²) in [4.78, 5) is 15.3. The third kappa shape index (κ3) is 2.50. The number of sulfone groups is 1. The van der Waals surface area contributed by atoms with Crippen LogP contribution in [0.2, 0.25) is 0 Å². The van der Waals surface area contributed by atoms with Crippen molar-refractivity contribution < 1.29 is 17.9 Å². The molecule has 0 saturated heterocycles. The molecule has 24 heavy (non-hydrogen) atoms. The van der Waals surface area contributed by atoms with Crippen molar-refractivity contribution in [1.29, 1.82) is 0 Å². The predicted molar refractivity (Wildman–Crippen MR) is 89.9 cm³/mol.